The number of nitriles is 2. The van der Waals surface area contributed by atoms with Gasteiger partial charge in [-0.2, -0.15) is 10.5 Å². The van der Waals surface area contributed by atoms with Crippen molar-refractivity contribution in [2.45, 2.75) is 31.5 Å². The Morgan fingerprint density at radius 3 is 1.90 bits per heavy atom. The first kappa shape index (κ1) is 35.6. The highest BCUT2D eigenvalue weighted by Crippen LogP contribution is 2.55. The zero-order chi connectivity index (χ0) is 34.6. The lowest BCUT2D eigenvalue weighted by molar-refractivity contribution is -0.387. The summed E-state index contributed by atoms with van der Waals surface area (Å²) in [5.41, 5.74) is -0.107. The number of phosphoric ester groups is 1. The molecule has 1 unspecified atom stereocenters. The van der Waals surface area contributed by atoms with Crippen LogP contribution in [0, 0.1) is 32.8 Å². The van der Waals surface area contributed by atoms with E-state index >= 15 is 0 Å². The second-order valence-corrected chi connectivity index (χ2v) is 11.8. The summed E-state index contributed by atoms with van der Waals surface area (Å²) in [7, 11) is -1.32. The second-order valence-electron chi connectivity index (χ2n) is 10.2. The number of para-hydroxylation sites is 1. The molecule has 0 aliphatic carbocycles. The van der Waals surface area contributed by atoms with Crippen LogP contribution in [0.1, 0.15) is 48.1 Å². The maximum atomic E-state index is 13.5. The molecular formula is C35H34N3O9P. The minimum absolute atomic E-state index is 0.0159. The molecule has 0 radical (unpaired) electrons. The third kappa shape index (κ3) is 8.00. The summed E-state index contributed by atoms with van der Waals surface area (Å²) in [4.78, 5) is 12.3. The number of nitrogens with zero attached hydrogens (tertiary/aromatic N) is 3. The lowest BCUT2D eigenvalue weighted by Crippen LogP contribution is -2.36. The highest BCUT2D eigenvalue weighted by atomic mass is 31.2. The van der Waals surface area contributed by atoms with Crippen LogP contribution in [0.25, 0.3) is 0 Å². The van der Waals surface area contributed by atoms with Gasteiger partial charge in [0.2, 0.25) is 0 Å². The number of hydrogen-bond acceptors (Lipinski definition) is 11. The highest BCUT2D eigenvalue weighted by molar-refractivity contribution is 7.48. The van der Waals surface area contributed by atoms with Gasteiger partial charge in [0, 0.05) is 22.8 Å². The molecule has 13 heteroatoms. The van der Waals surface area contributed by atoms with Crippen LogP contribution in [0.2, 0.25) is 0 Å². The zero-order valence-electron chi connectivity index (χ0n) is 26.6. The van der Waals surface area contributed by atoms with Crippen LogP contribution >= 0.6 is 7.82 Å². The van der Waals surface area contributed by atoms with Gasteiger partial charge in [-0.25, -0.2) is 4.57 Å². The fourth-order valence-electron chi connectivity index (χ4n) is 5.15. The molecule has 0 N–H and O–H groups in total. The summed E-state index contributed by atoms with van der Waals surface area (Å²) >= 11 is 0. The number of rotatable bonds is 17. The molecule has 48 heavy (non-hydrogen) atoms. The van der Waals surface area contributed by atoms with Crippen LogP contribution in [0.15, 0.2) is 97.1 Å². The van der Waals surface area contributed by atoms with Gasteiger partial charge in [0.1, 0.15) is 11.5 Å². The molecule has 0 spiro atoms. The molecule has 12 nitrogen and oxygen atoms in total. The number of phosphoric acid groups is 1. The molecule has 0 aliphatic heterocycles. The summed E-state index contributed by atoms with van der Waals surface area (Å²) in [6, 6.07) is 31.9. The second kappa shape index (κ2) is 16.6. The first-order valence-electron chi connectivity index (χ1n) is 14.8. The van der Waals surface area contributed by atoms with Crippen LogP contribution in [-0.2, 0) is 23.7 Å². The van der Waals surface area contributed by atoms with Crippen LogP contribution in [0.3, 0.4) is 0 Å². The Kier molecular flexibility index (Phi) is 12.3. The van der Waals surface area contributed by atoms with Crippen molar-refractivity contribution in [1.29, 1.82) is 10.5 Å². The number of hydrogen-bond donors (Lipinski definition) is 0. The Bertz CT molecular complexity index is 1760. The van der Waals surface area contributed by atoms with E-state index in [1.165, 1.54) is 33.3 Å². The van der Waals surface area contributed by atoms with Gasteiger partial charge in [-0.3, -0.25) is 23.7 Å². The summed E-state index contributed by atoms with van der Waals surface area (Å²) in [5, 5.41) is 30.7. The van der Waals surface area contributed by atoms with E-state index in [2.05, 4.69) is 0 Å². The summed E-state index contributed by atoms with van der Waals surface area (Å²) in [6.07, 6.45) is -1.44. The molecule has 0 saturated carbocycles. The van der Waals surface area contributed by atoms with E-state index in [-0.39, 0.29) is 37.4 Å². The van der Waals surface area contributed by atoms with Gasteiger partial charge < -0.3 is 14.2 Å². The Balaban J connectivity index is 1.92. The van der Waals surface area contributed by atoms with E-state index in [0.717, 1.165) is 0 Å². The smallest absolute Gasteiger partial charge is 0.475 e. The van der Waals surface area contributed by atoms with Crippen molar-refractivity contribution in [3.8, 4) is 29.4 Å². The van der Waals surface area contributed by atoms with Gasteiger partial charge in [-0.15, -0.1) is 0 Å². The maximum Gasteiger partial charge on any atom is 0.475 e. The van der Waals surface area contributed by atoms with Crippen molar-refractivity contribution in [1.82, 2.24) is 0 Å². The predicted octanol–water partition coefficient (Wildman–Crippen LogP) is 8.03. The topological polar surface area (TPSA) is 163 Å². The minimum atomic E-state index is -4.36. The van der Waals surface area contributed by atoms with Crippen molar-refractivity contribution >= 4 is 13.5 Å². The largest absolute Gasteiger partial charge is 0.497 e. The van der Waals surface area contributed by atoms with E-state index < -0.39 is 30.1 Å². The SMILES string of the molecule is COc1ccc(C(Oc2cccc(C(C)OP(=O)(OCCC#N)OCCC#N)c2[N+](=O)[O-])(c2ccccc2)c2ccccc2)c(OC)c1. The maximum absolute atomic E-state index is 13.5. The summed E-state index contributed by atoms with van der Waals surface area (Å²) in [5.74, 6) is 0.815. The van der Waals surface area contributed by atoms with Crippen LogP contribution in [-0.4, -0.2) is 32.4 Å². The van der Waals surface area contributed by atoms with Crippen LogP contribution < -0.4 is 14.2 Å². The van der Waals surface area contributed by atoms with Gasteiger partial charge in [-0.05, 0) is 31.2 Å². The van der Waals surface area contributed by atoms with Crippen molar-refractivity contribution in [3.05, 3.63) is 129 Å². The Morgan fingerprint density at radius 2 is 1.40 bits per heavy atom. The van der Waals surface area contributed by atoms with Gasteiger partial charge in [0.15, 0.2) is 11.4 Å². The van der Waals surface area contributed by atoms with Crippen molar-refractivity contribution in [2.24, 2.45) is 0 Å². The molecule has 0 fully saturated rings. The number of methoxy groups -OCH3 is 2. The third-order valence-electron chi connectivity index (χ3n) is 7.28. The highest BCUT2D eigenvalue weighted by Gasteiger charge is 2.44. The molecule has 4 rings (SSSR count). The lowest BCUT2D eigenvalue weighted by Gasteiger charge is -2.37. The van der Waals surface area contributed by atoms with Crippen LogP contribution in [0.4, 0.5) is 5.69 Å². The number of ether oxygens (including phenoxy) is 3. The number of nitro benzene ring substituents is 1. The first-order chi connectivity index (χ1) is 23.2. The van der Waals surface area contributed by atoms with Gasteiger partial charge in [0.25, 0.3) is 0 Å². The average Bonchev–Trinajstić information content (AvgIpc) is 3.11. The lowest BCUT2D eigenvalue weighted by atomic mass is 9.79. The van der Waals surface area contributed by atoms with Gasteiger partial charge >= 0.3 is 13.5 Å². The monoisotopic (exact) mass is 671 g/mol. The minimum Gasteiger partial charge on any atom is -0.497 e. The van der Waals surface area contributed by atoms with E-state index in [1.54, 1.807) is 24.3 Å². The number of benzene rings is 4. The van der Waals surface area contributed by atoms with Gasteiger partial charge in [-0.1, -0.05) is 66.7 Å². The molecule has 0 aromatic heterocycles. The Labute approximate surface area is 278 Å². The molecular weight excluding hydrogens is 637 g/mol. The molecule has 0 saturated heterocycles. The molecule has 0 bridgehead atoms. The molecule has 4 aromatic carbocycles. The quantitative estimate of drug-likeness (QED) is 0.0351. The standard InChI is InChI=1S/C35H34N3O9P/c1-26(47-48(41,44-23-11-21-36)45-24-12-22-37)30-17-10-18-32(34(30)38(39)40)46-35(27-13-6-4-7-14-27,28-15-8-5-9-16-28)31-20-19-29(42-2)25-33(31)43-3/h4-10,13-20,25-26H,11-12,23-24H2,1-3H3. The third-order valence-corrected chi connectivity index (χ3v) is 8.85. The Hall–Kier alpha value is -5.23. The van der Waals surface area contributed by atoms with E-state index in [4.69, 9.17) is 38.3 Å². The zero-order valence-corrected chi connectivity index (χ0v) is 27.5. The molecule has 0 heterocycles. The summed E-state index contributed by atoms with van der Waals surface area (Å²) in [6.45, 7) is 0.894. The van der Waals surface area contributed by atoms with Crippen LogP contribution in [0.5, 0.6) is 17.2 Å². The van der Waals surface area contributed by atoms with E-state index in [1.807, 2.05) is 72.8 Å². The molecule has 4 aromatic rings. The fourth-order valence-corrected chi connectivity index (χ4v) is 6.48. The van der Waals surface area contributed by atoms with E-state index in [0.29, 0.717) is 28.2 Å². The fraction of sp³-hybridized carbons (Fsp3) is 0.257. The Morgan fingerprint density at radius 1 is 0.812 bits per heavy atom. The average molecular weight is 672 g/mol. The van der Waals surface area contributed by atoms with Crippen molar-refractivity contribution < 1.29 is 37.3 Å². The first-order valence-corrected chi connectivity index (χ1v) is 16.3. The molecule has 1 atom stereocenters. The van der Waals surface area contributed by atoms with Crippen molar-refractivity contribution in [3.63, 3.8) is 0 Å². The number of nitro groups is 1. The normalized spacial score (nSPS) is 11.9. The van der Waals surface area contributed by atoms with E-state index in [9.17, 15) is 14.7 Å². The molecule has 248 valence electrons. The van der Waals surface area contributed by atoms with Gasteiger partial charge in [0.05, 0.1) is 69.0 Å². The van der Waals surface area contributed by atoms with Crippen molar-refractivity contribution in [2.75, 3.05) is 27.4 Å². The molecule has 0 amide bonds. The predicted molar refractivity (Wildman–Crippen MR) is 176 cm³/mol. The molecule has 0 aliphatic rings. The summed E-state index contributed by atoms with van der Waals surface area (Å²) < 4.78 is 48.0.